The number of thiophene rings is 1. The molecule has 3 rings (SSSR count). The summed E-state index contributed by atoms with van der Waals surface area (Å²) in [6, 6.07) is 15.1. The molecule has 2 aromatic heterocycles. The minimum absolute atomic E-state index is 0.133. The molecule has 118 valence electrons. The highest BCUT2D eigenvalue weighted by Crippen LogP contribution is 2.31. The second-order valence-electron chi connectivity index (χ2n) is 4.55. The van der Waals surface area contributed by atoms with Gasteiger partial charge in [0.25, 0.3) is 0 Å². The van der Waals surface area contributed by atoms with Crippen molar-refractivity contribution in [2.24, 2.45) is 0 Å². The third-order valence-corrected chi connectivity index (χ3v) is 5.82. The summed E-state index contributed by atoms with van der Waals surface area (Å²) in [6.45, 7) is 0. The Morgan fingerprint density at radius 2 is 1.70 bits per heavy atom. The summed E-state index contributed by atoms with van der Waals surface area (Å²) in [4.78, 5) is 4.97. The van der Waals surface area contributed by atoms with Crippen LogP contribution in [0.1, 0.15) is 0 Å². The number of ether oxygens (including phenoxy) is 1. The van der Waals surface area contributed by atoms with E-state index in [2.05, 4.69) is 4.98 Å². The molecule has 0 fully saturated rings. The fraction of sp³-hybridized carbons (Fsp3) is 0.0625. The zero-order valence-corrected chi connectivity index (χ0v) is 13.8. The normalized spacial score (nSPS) is 11.2. The van der Waals surface area contributed by atoms with Gasteiger partial charge >= 0.3 is 10.1 Å². The molecule has 0 saturated carbocycles. The maximum Gasteiger partial charge on any atom is 0.348 e. The Morgan fingerprint density at radius 1 is 0.957 bits per heavy atom. The molecule has 2 heterocycles. The van der Waals surface area contributed by atoms with Gasteiger partial charge in [-0.3, -0.25) is 4.98 Å². The summed E-state index contributed by atoms with van der Waals surface area (Å²) < 4.78 is 35.0. The molecule has 0 aliphatic carbocycles. The second-order valence-corrected chi connectivity index (χ2v) is 7.40. The van der Waals surface area contributed by atoms with Crippen LogP contribution in [0.4, 0.5) is 0 Å². The number of hydrogen-bond acceptors (Lipinski definition) is 6. The molecular weight excluding hydrogens is 334 g/mol. The molecule has 23 heavy (non-hydrogen) atoms. The molecule has 0 N–H and O–H groups in total. The van der Waals surface area contributed by atoms with Gasteiger partial charge in [0.05, 0.1) is 17.7 Å². The van der Waals surface area contributed by atoms with Gasteiger partial charge in [0.1, 0.15) is 11.5 Å². The van der Waals surface area contributed by atoms with E-state index in [9.17, 15) is 8.42 Å². The largest absolute Gasteiger partial charge is 0.497 e. The summed E-state index contributed by atoms with van der Waals surface area (Å²) in [6.07, 6.45) is 1.66. The summed E-state index contributed by atoms with van der Waals surface area (Å²) in [5.41, 5.74) is 0.725. The van der Waals surface area contributed by atoms with E-state index in [0.29, 0.717) is 5.75 Å². The lowest BCUT2D eigenvalue weighted by Gasteiger charge is -2.06. The van der Waals surface area contributed by atoms with Crippen LogP contribution in [0.5, 0.6) is 11.5 Å². The third kappa shape index (κ3) is 3.52. The molecule has 3 aromatic rings. The molecule has 0 atom stereocenters. The number of aromatic nitrogens is 1. The van der Waals surface area contributed by atoms with Crippen molar-refractivity contribution in [3.8, 4) is 22.1 Å². The number of benzene rings is 1. The first kappa shape index (κ1) is 15.5. The molecule has 5 nitrogen and oxygen atoms in total. The summed E-state index contributed by atoms with van der Waals surface area (Å²) in [5, 5.41) is 0. The first-order chi connectivity index (χ1) is 11.1. The van der Waals surface area contributed by atoms with E-state index < -0.39 is 10.1 Å². The van der Waals surface area contributed by atoms with E-state index >= 15 is 0 Å². The minimum Gasteiger partial charge on any atom is -0.497 e. The van der Waals surface area contributed by atoms with Gasteiger partial charge in [0, 0.05) is 6.20 Å². The van der Waals surface area contributed by atoms with Crippen molar-refractivity contribution in [3.05, 3.63) is 60.8 Å². The Balaban J connectivity index is 1.83. The van der Waals surface area contributed by atoms with Crippen molar-refractivity contribution >= 4 is 21.5 Å². The highest BCUT2D eigenvalue weighted by atomic mass is 32.3. The van der Waals surface area contributed by atoms with Crippen LogP contribution in [0.3, 0.4) is 0 Å². The fourth-order valence-electron chi connectivity index (χ4n) is 1.90. The second kappa shape index (κ2) is 6.39. The first-order valence-corrected chi connectivity index (χ1v) is 8.91. The Labute approximate surface area is 138 Å². The number of rotatable bonds is 5. The zero-order chi connectivity index (χ0) is 16.3. The van der Waals surface area contributed by atoms with Crippen LogP contribution in [0.25, 0.3) is 10.6 Å². The highest BCUT2D eigenvalue weighted by molar-refractivity contribution is 7.89. The fourth-order valence-corrected chi connectivity index (χ4v) is 4.07. The SMILES string of the molecule is COc1ccc(OS(=O)(=O)c2ccc(-c3ccccn3)s2)cc1. The van der Waals surface area contributed by atoms with Crippen LogP contribution < -0.4 is 8.92 Å². The van der Waals surface area contributed by atoms with Crippen LogP contribution in [0.15, 0.2) is 65.0 Å². The molecule has 0 saturated heterocycles. The average Bonchev–Trinajstić information content (AvgIpc) is 3.07. The lowest BCUT2D eigenvalue weighted by atomic mass is 10.3. The monoisotopic (exact) mass is 347 g/mol. The van der Waals surface area contributed by atoms with Crippen molar-refractivity contribution in [3.63, 3.8) is 0 Å². The predicted molar refractivity (Wildman–Crippen MR) is 88.4 cm³/mol. The average molecular weight is 347 g/mol. The lowest BCUT2D eigenvalue weighted by molar-refractivity contribution is 0.413. The molecule has 0 amide bonds. The van der Waals surface area contributed by atoms with Gasteiger partial charge in [-0.25, -0.2) is 0 Å². The van der Waals surface area contributed by atoms with Crippen molar-refractivity contribution in [1.29, 1.82) is 0 Å². The van der Waals surface area contributed by atoms with E-state index in [1.165, 1.54) is 13.2 Å². The van der Waals surface area contributed by atoms with Crippen LogP contribution in [0, 0.1) is 0 Å². The van der Waals surface area contributed by atoms with Gasteiger partial charge in [0.2, 0.25) is 0 Å². The van der Waals surface area contributed by atoms with Gasteiger partial charge in [0.15, 0.2) is 4.21 Å². The lowest BCUT2D eigenvalue weighted by Crippen LogP contribution is -2.07. The van der Waals surface area contributed by atoms with Crippen LogP contribution in [-0.2, 0) is 10.1 Å². The van der Waals surface area contributed by atoms with Crippen molar-refractivity contribution in [1.82, 2.24) is 4.98 Å². The Hall–Kier alpha value is -2.38. The predicted octanol–water partition coefficient (Wildman–Crippen LogP) is 3.59. The van der Waals surface area contributed by atoms with Gasteiger partial charge < -0.3 is 8.92 Å². The van der Waals surface area contributed by atoms with Crippen molar-refractivity contribution < 1.29 is 17.3 Å². The van der Waals surface area contributed by atoms with Crippen molar-refractivity contribution in [2.45, 2.75) is 4.21 Å². The van der Waals surface area contributed by atoms with E-state index in [1.807, 2.05) is 18.2 Å². The topological polar surface area (TPSA) is 65.5 Å². The Morgan fingerprint density at radius 3 is 2.35 bits per heavy atom. The summed E-state index contributed by atoms with van der Waals surface area (Å²) in [5.74, 6) is 0.863. The molecule has 7 heteroatoms. The van der Waals surface area contributed by atoms with Crippen molar-refractivity contribution in [2.75, 3.05) is 7.11 Å². The Bertz CT molecular complexity index is 887. The highest BCUT2D eigenvalue weighted by Gasteiger charge is 2.20. The van der Waals surface area contributed by atoms with Crippen LogP contribution >= 0.6 is 11.3 Å². The molecule has 1 aromatic carbocycles. The molecule has 0 bridgehead atoms. The van der Waals surface area contributed by atoms with Gasteiger partial charge in [-0.05, 0) is 48.5 Å². The molecular formula is C16H13NO4S2. The third-order valence-electron chi connectivity index (χ3n) is 3.01. The van der Waals surface area contributed by atoms with Gasteiger partial charge in [-0.15, -0.1) is 11.3 Å². The summed E-state index contributed by atoms with van der Waals surface area (Å²) in [7, 11) is -2.33. The molecule has 0 spiro atoms. The van der Waals surface area contributed by atoms with Gasteiger partial charge in [-0.1, -0.05) is 6.07 Å². The first-order valence-electron chi connectivity index (χ1n) is 6.68. The minimum atomic E-state index is -3.87. The number of nitrogens with zero attached hydrogens (tertiary/aromatic N) is 1. The van der Waals surface area contributed by atoms with E-state index in [0.717, 1.165) is 21.9 Å². The standard InChI is InChI=1S/C16H13NO4S2/c1-20-12-5-7-13(8-6-12)21-23(18,19)16-10-9-15(22-16)14-4-2-3-11-17-14/h2-11H,1H3. The Kier molecular flexibility index (Phi) is 4.31. The number of methoxy groups -OCH3 is 1. The summed E-state index contributed by atoms with van der Waals surface area (Å²) >= 11 is 1.12. The molecule has 0 radical (unpaired) electrons. The number of hydrogen-bond donors (Lipinski definition) is 0. The van der Waals surface area contributed by atoms with E-state index in [-0.39, 0.29) is 9.96 Å². The smallest absolute Gasteiger partial charge is 0.348 e. The van der Waals surface area contributed by atoms with Crippen LogP contribution in [-0.4, -0.2) is 20.5 Å². The quantitative estimate of drug-likeness (QED) is 0.660. The van der Waals surface area contributed by atoms with Gasteiger partial charge in [-0.2, -0.15) is 8.42 Å². The maximum atomic E-state index is 12.3. The zero-order valence-electron chi connectivity index (χ0n) is 12.2. The molecule has 0 aliphatic rings. The molecule has 0 aliphatic heterocycles. The maximum absolute atomic E-state index is 12.3. The van der Waals surface area contributed by atoms with Crippen LogP contribution in [0.2, 0.25) is 0 Å². The number of pyridine rings is 1. The molecule has 0 unspecified atom stereocenters. The van der Waals surface area contributed by atoms with E-state index in [1.54, 1.807) is 36.5 Å². The van der Waals surface area contributed by atoms with E-state index in [4.69, 9.17) is 8.92 Å².